The van der Waals surface area contributed by atoms with E-state index in [0.29, 0.717) is 19.0 Å². The van der Waals surface area contributed by atoms with Crippen LogP contribution in [0.2, 0.25) is 0 Å². The minimum atomic E-state index is 0.0243. The first kappa shape index (κ1) is 22.5. The first-order chi connectivity index (χ1) is 14.0. The predicted molar refractivity (Wildman–Crippen MR) is 118 cm³/mol. The molecule has 0 unspecified atom stereocenters. The molecule has 2 N–H and O–H groups in total. The Labute approximate surface area is 174 Å². The van der Waals surface area contributed by atoms with E-state index in [-0.39, 0.29) is 12.5 Å². The van der Waals surface area contributed by atoms with Crippen molar-refractivity contribution in [2.75, 3.05) is 26.2 Å². The van der Waals surface area contributed by atoms with Crippen molar-refractivity contribution < 1.29 is 4.79 Å². The molecule has 7 heteroatoms. The van der Waals surface area contributed by atoms with Crippen LogP contribution < -0.4 is 10.6 Å². The Hall–Kier alpha value is -2.83. The molecule has 0 aliphatic heterocycles. The molecule has 0 radical (unpaired) electrons. The molecule has 0 bridgehead atoms. The van der Waals surface area contributed by atoms with Gasteiger partial charge >= 0.3 is 0 Å². The first-order valence-electron chi connectivity index (χ1n) is 10.4. The number of hydrogen-bond donors (Lipinski definition) is 2. The molecule has 0 saturated heterocycles. The van der Waals surface area contributed by atoms with Crippen LogP contribution in [-0.2, 0) is 17.9 Å². The summed E-state index contributed by atoms with van der Waals surface area (Å²) in [6.45, 7) is 11.9. The molecule has 29 heavy (non-hydrogen) atoms. The zero-order chi connectivity index (χ0) is 21.1. The summed E-state index contributed by atoms with van der Waals surface area (Å²) in [4.78, 5) is 18.9. The number of benzene rings is 1. The molecular weight excluding hydrogens is 364 g/mol. The number of guanidine groups is 1. The van der Waals surface area contributed by atoms with Crippen molar-refractivity contribution in [1.29, 1.82) is 0 Å². The smallest absolute Gasteiger partial charge is 0.244 e. The number of likely N-dealkylation sites (N-methyl/N-ethyl adjacent to an activating group) is 1. The Balaban J connectivity index is 1.83. The molecule has 2 rings (SSSR count). The molecule has 2 aromatic rings. The highest BCUT2D eigenvalue weighted by molar-refractivity contribution is 5.84. The average molecular weight is 399 g/mol. The van der Waals surface area contributed by atoms with Gasteiger partial charge in [0.1, 0.15) is 6.54 Å². The summed E-state index contributed by atoms with van der Waals surface area (Å²) in [5, 5.41) is 11.0. The van der Waals surface area contributed by atoms with Crippen molar-refractivity contribution in [2.24, 2.45) is 4.99 Å². The van der Waals surface area contributed by atoms with Gasteiger partial charge in [-0.1, -0.05) is 30.3 Å². The van der Waals surface area contributed by atoms with Crippen LogP contribution in [0, 0.1) is 13.8 Å². The van der Waals surface area contributed by atoms with Crippen molar-refractivity contribution in [3.8, 4) is 0 Å². The maximum absolute atomic E-state index is 12.6. The summed E-state index contributed by atoms with van der Waals surface area (Å²) < 4.78 is 2.02. The summed E-state index contributed by atoms with van der Waals surface area (Å²) in [5.41, 5.74) is 3.34. The third-order valence-corrected chi connectivity index (χ3v) is 4.61. The van der Waals surface area contributed by atoms with E-state index in [1.807, 2.05) is 60.7 Å². The number of aryl methyl sites for hydroxylation is 3. The van der Waals surface area contributed by atoms with Gasteiger partial charge in [0.05, 0.1) is 5.69 Å². The third-order valence-electron chi connectivity index (χ3n) is 4.61. The molecule has 7 nitrogen and oxygen atoms in total. The molecule has 1 aromatic heterocycles. The van der Waals surface area contributed by atoms with Crippen LogP contribution in [0.4, 0.5) is 0 Å². The van der Waals surface area contributed by atoms with E-state index in [9.17, 15) is 4.79 Å². The van der Waals surface area contributed by atoms with Gasteiger partial charge in [-0.25, -0.2) is 4.99 Å². The summed E-state index contributed by atoms with van der Waals surface area (Å²) in [6.07, 6.45) is 0.926. The Morgan fingerprint density at radius 3 is 2.55 bits per heavy atom. The number of aromatic nitrogens is 2. The third kappa shape index (κ3) is 7.60. The highest BCUT2D eigenvalue weighted by atomic mass is 16.2. The van der Waals surface area contributed by atoms with Crippen molar-refractivity contribution in [1.82, 2.24) is 25.3 Å². The Bertz CT molecular complexity index is 784. The molecule has 1 amide bonds. The largest absolute Gasteiger partial charge is 0.357 e. The lowest BCUT2D eigenvalue weighted by Crippen LogP contribution is -2.39. The molecule has 0 fully saturated rings. The normalized spacial score (nSPS) is 11.4. The number of hydrogen-bond acceptors (Lipinski definition) is 3. The van der Waals surface area contributed by atoms with Gasteiger partial charge < -0.3 is 15.5 Å². The van der Waals surface area contributed by atoms with Gasteiger partial charge in [-0.05, 0) is 45.7 Å². The van der Waals surface area contributed by atoms with Crippen LogP contribution in [0.15, 0.2) is 41.4 Å². The van der Waals surface area contributed by atoms with E-state index in [2.05, 4.69) is 33.7 Å². The molecule has 0 aliphatic rings. The van der Waals surface area contributed by atoms with Crippen molar-refractivity contribution in [3.63, 3.8) is 0 Å². The number of carbonyl (C=O) groups excluding carboxylic acids is 1. The lowest BCUT2D eigenvalue weighted by atomic mass is 10.2. The second-order valence-electron chi connectivity index (χ2n) is 7.02. The van der Waals surface area contributed by atoms with E-state index >= 15 is 0 Å². The number of nitrogens with zero attached hydrogens (tertiary/aromatic N) is 4. The van der Waals surface area contributed by atoms with Gasteiger partial charge in [-0.15, -0.1) is 0 Å². The van der Waals surface area contributed by atoms with Crippen LogP contribution in [-0.4, -0.2) is 52.7 Å². The monoisotopic (exact) mass is 398 g/mol. The minimum absolute atomic E-state index is 0.0243. The molecule has 158 valence electrons. The Kier molecular flexibility index (Phi) is 9.21. The Morgan fingerprint density at radius 1 is 1.17 bits per heavy atom. The molecule has 0 spiro atoms. The molecule has 0 saturated carbocycles. The highest BCUT2D eigenvalue weighted by Gasteiger charge is 2.12. The lowest BCUT2D eigenvalue weighted by molar-refractivity contribution is -0.130. The van der Waals surface area contributed by atoms with Gasteiger partial charge in [-0.3, -0.25) is 9.48 Å². The Morgan fingerprint density at radius 2 is 1.93 bits per heavy atom. The topological polar surface area (TPSA) is 74.6 Å². The summed E-state index contributed by atoms with van der Waals surface area (Å²) >= 11 is 0. The number of rotatable bonds is 10. The maximum Gasteiger partial charge on any atom is 0.244 e. The molecule has 1 heterocycles. The molecule has 0 aliphatic carbocycles. The van der Waals surface area contributed by atoms with E-state index < -0.39 is 0 Å². The summed E-state index contributed by atoms with van der Waals surface area (Å²) in [7, 11) is 0. The van der Waals surface area contributed by atoms with Gasteiger partial charge in [0, 0.05) is 38.4 Å². The quantitative estimate of drug-likeness (QED) is 0.366. The fourth-order valence-electron chi connectivity index (χ4n) is 3.11. The number of amides is 1. The van der Waals surface area contributed by atoms with E-state index in [1.165, 1.54) is 5.69 Å². The van der Waals surface area contributed by atoms with Crippen LogP contribution in [0.3, 0.4) is 0 Å². The van der Waals surface area contributed by atoms with Crippen molar-refractivity contribution in [3.05, 3.63) is 53.3 Å². The SMILES string of the molecule is CCNC(=NCC(=O)N(CC)Cc1ccccc1)NCCCn1nc(C)cc1C. The van der Waals surface area contributed by atoms with E-state index in [0.717, 1.165) is 37.3 Å². The average Bonchev–Trinajstić information content (AvgIpc) is 3.04. The van der Waals surface area contributed by atoms with Gasteiger partial charge in [0.2, 0.25) is 5.91 Å². The lowest BCUT2D eigenvalue weighted by Gasteiger charge is -2.20. The van der Waals surface area contributed by atoms with Crippen LogP contribution in [0.25, 0.3) is 0 Å². The van der Waals surface area contributed by atoms with Crippen molar-refractivity contribution >= 4 is 11.9 Å². The molecular formula is C22H34N6O. The highest BCUT2D eigenvalue weighted by Crippen LogP contribution is 2.05. The number of aliphatic imine (C=N–C) groups is 1. The standard InChI is InChI=1S/C22H34N6O/c1-5-23-22(24-13-10-14-28-19(4)15-18(3)26-28)25-16-21(29)27(6-2)17-20-11-8-7-9-12-20/h7-9,11-12,15H,5-6,10,13-14,16-17H2,1-4H3,(H2,23,24,25). The molecule has 1 aromatic carbocycles. The zero-order valence-corrected chi connectivity index (χ0v) is 18.1. The van der Waals surface area contributed by atoms with Gasteiger partial charge in [-0.2, -0.15) is 5.10 Å². The summed E-state index contributed by atoms with van der Waals surface area (Å²) in [6, 6.07) is 12.1. The number of nitrogens with one attached hydrogen (secondary N) is 2. The van der Waals surface area contributed by atoms with Crippen LogP contribution >= 0.6 is 0 Å². The van der Waals surface area contributed by atoms with Crippen LogP contribution in [0.1, 0.15) is 37.2 Å². The fourth-order valence-corrected chi connectivity index (χ4v) is 3.11. The first-order valence-corrected chi connectivity index (χ1v) is 10.4. The number of carbonyl (C=O) groups is 1. The predicted octanol–water partition coefficient (Wildman–Crippen LogP) is 2.49. The molecule has 0 atom stereocenters. The van der Waals surface area contributed by atoms with Gasteiger partial charge in [0.25, 0.3) is 0 Å². The maximum atomic E-state index is 12.6. The van der Waals surface area contributed by atoms with E-state index in [4.69, 9.17) is 0 Å². The van der Waals surface area contributed by atoms with Gasteiger partial charge in [0.15, 0.2) is 5.96 Å². The van der Waals surface area contributed by atoms with E-state index in [1.54, 1.807) is 0 Å². The fraction of sp³-hybridized carbons (Fsp3) is 0.500. The minimum Gasteiger partial charge on any atom is -0.357 e. The van der Waals surface area contributed by atoms with Crippen molar-refractivity contribution in [2.45, 2.75) is 47.2 Å². The summed E-state index contributed by atoms with van der Waals surface area (Å²) in [5.74, 6) is 0.696. The second kappa shape index (κ2) is 11.9. The zero-order valence-electron chi connectivity index (χ0n) is 18.1. The van der Waals surface area contributed by atoms with Crippen LogP contribution in [0.5, 0.6) is 0 Å². The second-order valence-corrected chi connectivity index (χ2v) is 7.02.